The van der Waals surface area contributed by atoms with E-state index in [0.29, 0.717) is 37.4 Å². The van der Waals surface area contributed by atoms with Crippen molar-refractivity contribution < 1.29 is 14.3 Å². The molecule has 3 rings (SSSR count). The first-order valence-electron chi connectivity index (χ1n) is 10.9. The van der Waals surface area contributed by atoms with Crippen molar-refractivity contribution >= 4 is 34.4 Å². The van der Waals surface area contributed by atoms with Crippen LogP contribution in [-0.2, 0) is 19.7 Å². The maximum absolute atomic E-state index is 13.2. The van der Waals surface area contributed by atoms with Crippen LogP contribution < -0.4 is 5.32 Å². The van der Waals surface area contributed by atoms with Crippen molar-refractivity contribution in [3.8, 4) is 0 Å². The first-order valence-corrected chi connectivity index (χ1v) is 11.8. The number of imide groups is 1. The van der Waals surface area contributed by atoms with E-state index in [-0.39, 0.29) is 17.2 Å². The number of amides is 2. The van der Waals surface area contributed by atoms with Gasteiger partial charge in [0.25, 0.3) is 11.8 Å². The smallest absolute Gasteiger partial charge is 0.278 e. The lowest BCUT2D eigenvalue weighted by Gasteiger charge is -2.19. The fourth-order valence-electron chi connectivity index (χ4n) is 3.42. The summed E-state index contributed by atoms with van der Waals surface area (Å²) in [6.07, 6.45) is 2.74. The van der Waals surface area contributed by atoms with Gasteiger partial charge in [0.2, 0.25) is 0 Å². The molecule has 0 saturated heterocycles. The highest BCUT2D eigenvalue weighted by Gasteiger charge is 2.39. The summed E-state index contributed by atoms with van der Waals surface area (Å²) in [7, 11) is 0. The second-order valence-corrected chi connectivity index (χ2v) is 9.71. The van der Waals surface area contributed by atoms with Gasteiger partial charge in [0.15, 0.2) is 0 Å². The zero-order valence-electron chi connectivity index (χ0n) is 18.9. The molecule has 2 amide bonds. The Morgan fingerprint density at radius 3 is 2.32 bits per heavy atom. The molecule has 0 radical (unpaired) electrons. The second-order valence-electron chi connectivity index (χ2n) is 8.76. The van der Waals surface area contributed by atoms with Gasteiger partial charge in [0, 0.05) is 30.3 Å². The molecule has 1 aliphatic heterocycles. The molecule has 0 saturated carbocycles. The molecule has 6 heteroatoms. The van der Waals surface area contributed by atoms with E-state index in [2.05, 4.69) is 45.1 Å². The lowest BCUT2D eigenvalue weighted by molar-refractivity contribution is -0.137. The van der Waals surface area contributed by atoms with Crippen LogP contribution in [0.15, 0.2) is 47.5 Å². The van der Waals surface area contributed by atoms with Crippen LogP contribution in [0, 0.1) is 0 Å². The molecule has 1 aromatic carbocycles. The van der Waals surface area contributed by atoms with Crippen molar-refractivity contribution in [2.45, 2.75) is 52.4 Å². The topological polar surface area (TPSA) is 58.6 Å². The zero-order chi connectivity index (χ0) is 22.4. The third-order valence-electron chi connectivity index (χ3n) is 5.27. The average molecular weight is 441 g/mol. The van der Waals surface area contributed by atoms with Gasteiger partial charge in [-0.1, -0.05) is 52.3 Å². The molecule has 2 aromatic rings. The molecular weight excluding hydrogens is 408 g/mol. The highest BCUT2D eigenvalue weighted by Crippen LogP contribution is 2.33. The highest BCUT2D eigenvalue weighted by molar-refractivity contribution is 7.11. The number of rotatable bonds is 10. The minimum atomic E-state index is -0.276. The van der Waals surface area contributed by atoms with E-state index in [1.165, 1.54) is 21.8 Å². The summed E-state index contributed by atoms with van der Waals surface area (Å²) in [4.78, 5) is 28.4. The minimum absolute atomic E-state index is 0.0507. The van der Waals surface area contributed by atoms with Gasteiger partial charge in [0.1, 0.15) is 5.70 Å². The summed E-state index contributed by atoms with van der Waals surface area (Å²) in [5.41, 5.74) is 2.86. The minimum Gasteiger partial charge on any atom is -0.381 e. The number of carbonyl (C=O) groups excluding carboxylic acids is 2. The second kappa shape index (κ2) is 10.2. The van der Waals surface area contributed by atoms with E-state index in [1.807, 2.05) is 29.6 Å². The van der Waals surface area contributed by atoms with Crippen molar-refractivity contribution in [2.75, 3.05) is 25.1 Å². The van der Waals surface area contributed by atoms with Crippen molar-refractivity contribution in [2.24, 2.45) is 0 Å². The molecule has 31 heavy (non-hydrogen) atoms. The van der Waals surface area contributed by atoms with E-state index >= 15 is 0 Å². The van der Waals surface area contributed by atoms with Crippen LogP contribution in [-0.4, -0.2) is 36.5 Å². The van der Waals surface area contributed by atoms with Crippen molar-refractivity contribution in [3.05, 3.63) is 57.9 Å². The number of anilines is 1. The Hall–Kier alpha value is -2.44. The lowest BCUT2D eigenvalue weighted by atomic mass is 9.87. The fraction of sp³-hybridized carbons (Fsp3) is 0.440. The Morgan fingerprint density at radius 1 is 1.00 bits per heavy atom. The number of benzene rings is 1. The quantitative estimate of drug-likeness (QED) is 0.395. The number of hydrogen-bond donors (Lipinski definition) is 1. The van der Waals surface area contributed by atoms with E-state index in [1.54, 1.807) is 0 Å². The van der Waals surface area contributed by atoms with Gasteiger partial charge < -0.3 is 10.1 Å². The van der Waals surface area contributed by atoms with Gasteiger partial charge in [-0.15, -0.1) is 11.3 Å². The number of unbranched alkanes of at least 4 members (excludes halogenated alkanes) is 1. The Bertz CT molecular complexity index is 925. The third kappa shape index (κ3) is 5.63. The fourth-order valence-corrected chi connectivity index (χ4v) is 4.18. The maximum Gasteiger partial charge on any atom is 0.278 e. The van der Waals surface area contributed by atoms with Crippen molar-refractivity contribution in [1.82, 2.24) is 4.90 Å². The van der Waals surface area contributed by atoms with Gasteiger partial charge in [-0.3, -0.25) is 14.5 Å². The largest absolute Gasteiger partial charge is 0.381 e. The molecule has 5 nitrogen and oxygen atoms in total. The van der Waals surface area contributed by atoms with E-state index in [0.717, 1.165) is 23.4 Å². The van der Waals surface area contributed by atoms with Crippen LogP contribution in [0.25, 0.3) is 5.57 Å². The molecule has 0 bridgehead atoms. The summed E-state index contributed by atoms with van der Waals surface area (Å²) in [6, 6.07) is 11.8. The molecule has 0 spiro atoms. The van der Waals surface area contributed by atoms with E-state index < -0.39 is 0 Å². The maximum atomic E-state index is 13.2. The molecule has 166 valence electrons. The van der Waals surface area contributed by atoms with Crippen LogP contribution >= 0.6 is 11.3 Å². The Kier molecular flexibility index (Phi) is 7.68. The monoisotopic (exact) mass is 440 g/mol. The van der Waals surface area contributed by atoms with Crippen LogP contribution in [0.5, 0.6) is 0 Å². The number of ether oxygens (including phenoxy) is 1. The normalized spacial score (nSPS) is 14.6. The van der Waals surface area contributed by atoms with Gasteiger partial charge in [0.05, 0.1) is 5.57 Å². The molecule has 1 aliphatic rings. The third-order valence-corrected chi connectivity index (χ3v) is 6.16. The van der Waals surface area contributed by atoms with Crippen LogP contribution in [0.3, 0.4) is 0 Å². The number of hydrogen-bond acceptors (Lipinski definition) is 5. The standard InChI is InChI=1S/C25H32N2O3S/c1-5-6-15-30-16-8-14-27-23(28)21(20-9-7-17-31-20)22(24(27)29)26-19-12-10-18(11-13-19)25(2,3)4/h7,9-13,17,26H,5-6,8,14-16H2,1-4H3. The van der Waals surface area contributed by atoms with E-state index in [9.17, 15) is 9.59 Å². The molecule has 0 aliphatic carbocycles. The lowest BCUT2D eigenvalue weighted by Crippen LogP contribution is -2.34. The Morgan fingerprint density at radius 2 is 1.71 bits per heavy atom. The SMILES string of the molecule is CCCCOCCCN1C(=O)C(Nc2ccc(C(C)(C)C)cc2)=C(c2cccs2)C1=O. The molecule has 2 heterocycles. The van der Waals surface area contributed by atoms with Gasteiger partial charge in [-0.25, -0.2) is 0 Å². The molecule has 0 unspecified atom stereocenters. The first-order chi connectivity index (χ1) is 14.8. The first kappa shape index (κ1) is 23.2. The summed E-state index contributed by atoms with van der Waals surface area (Å²) in [5, 5.41) is 5.15. The Balaban J connectivity index is 1.77. The van der Waals surface area contributed by atoms with E-state index in [4.69, 9.17) is 4.74 Å². The predicted molar refractivity (Wildman–Crippen MR) is 127 cm³/mol. The van der Waals surface area contributed by atoms with Crippen molar-refractivity contribution in [3.63, 3.8) is 0 Å². The highest BCUT2D eigenvalue weighted by atomic mass is 32.1. The Labute approximate surface area is 189 Å². The zero-order valence-corrected chi connectivity index (χ0v) is 19.7. The summed E-state index contributed by atoms with van der Waals surface area (Å²) in [6.45, 7) is 10.2. The molecule has 0 fully saturated rings. The number of nitrogens with zero attached hydrogens (tertiary/aromatic N) is 1. The number of thiophene rings is 1. The molecule has 1 aromatic heterocycles. The molecule has 0 atom stereocenters. The van der Waals surface area contributed by atoms with Crippen LogP contribution in [0.1, 0.15) is 57.4 Å². The van der Waals surface area contributed by atoms with Crippen molar-refractivity contribution in [1.29, 1.82) is 0 Å². The van der Waals surface area contributed by atoms with Crippen LogP contribution in [0.4, 0.5) is 5.69 Å². The van der Waals surface area contributed by atoms with Gasteiger partial charge in [-0.05, 0) is 47.4 Å². The summed E-state index contributed by atoms with van der Waals surface area (Å²) in [5.74, 6) is -0.517. The van der Waals surface area contributed by atoms with Crippen LogP contribution in [0.2, 0.25) is 0 Å². The van der Waals surface area contributed by atoms with Gasteiger partial charge in [-0.2, -0.15) is 0 Å². The predicted octanol–water partition coefficient (Wildman–Crippen LogP) is 5.44. The number of carbonyl (C=O) groups is 2. The van der Waals surface area contributed by atoms with Gasteiger partial charge >= 0.3 is 0 Å². The molecule has 1 N–H and O–H groups in total. The summed E-state index contributed by atoms with van der Waals surface area (Å²) < 4.78 is 5.59. The molecular formula is C25H32N2O3S. The summed E-state index contributed by atoms with van der Waals surface area (Å²) >= 11 is 1.46. The average Bonchev–Trinajstić information content (AvgIpc) is 3.33. The number of nitrogens with one attached hydrogen (secondary N) is 1.